The van der Waals surface area contributed by atoms with Gasteiger partial charge in [0, 0.05) is 23.5 Å². The van der Waals surface area contributed by atoms with Gasteiger partial charge in [-0.05, 0) is 49.1 Å². The highest BCUT2D eigenvalue weighted by Crippen LogP contribution is 2.36. The molecule has 0 atom stereocenters. The Kier molecular flexibility index (Phi) is 4.80. The highest BCUT2D eigenvalue weighted by atomic mass is 32.2. The van der Waals surface area contributed by atoms with Crippen LogP contribution < -0.4 is 9.62 Å². The zero-order valence-corrected chi connectivity index (χ0v) is 17.7. The number of fused-ring (bicyclic) bond motifs is 1. The fraction of sp³-hybridized carbons (Fsp3) is 0.318. The van der Waals surface area contributed by atoms with Crippen LogP contribution in [0.1, 0.15) is 31.2 Å². The van der Waals surface area contributed by atoms with Crippen molar-refractivity contribution in [3.05, 3.63) is 59.5 Å². The molecule has 5 rings (SSSR count). The highest BCUT2D eigenvalue weighted by Gasteiger charge is 2.31. The van der Waals surface area contributed by atoms with Gasteiger partial charge in [0.15, 0.2) is 5.13 Å². The molecule has 0 amide bonds. The maximum Gasteiger partial charge on any atom is 0.264 e. The summed E-state index contributed by atoms with van der Waals surface area (Å²) in [6.07, 6.45) is 5.75. The number of thiazole rings is 1. The van der Waals surface area contributed by atoms with Crippen LogP contribution >= 0.6 is 11.3 Å². The molecule has 1 aromatic heterocycles. The standard InChI is InChI=1S/C22H23N3O2S2/c26-29(27,19-8-2-1-3-9-19)25-13-12-17-14-16(10-11-21(17)25)20-15-28-22(24-20)23-18-6-4-5-7-18/h1-3,8-11,14-15,18H,4-7,12-13H2,(H,23,24). The summed E-state index contributed by atoms with van der Waals surface area (Å²) in [7, 11) is -3.53. The van der Waals surface area contributed by atoms with Gasteiger partial charge in [-0.25, -0.2) is 13.4 Å². The molecule has 150 valence electrons. The molecule has 0 radical (unpaired) electrons. The summed E-state index contributed by atoms with van der Waals surface area (Å²) in [5, 5.41) is 6.60. The van der Waals surface area contributed by atoms with Crippen molar-refractivity contribution in [2.75, 3.05) is 16.2 Å². The van der Waals surface area contributed by atoms with E-state index in [-0.39, 0.29) is 0 Å². The summed E-state index contributed by atoms with van der Waals surface area (Å²) in [4.78, 5) is 5.09. The Morgan fingerprint density at radius 3 is 2.66 bits per heavy atom. The molecule has 1 fully saturated rings. The number of rotatable bonds is 5. The van der Waals surface area contributed by atoms with Crippen molar-refractivity contribution in [1.82, 2.24) is 4.98 Å². The van der Waals surface area contributed by atoms with Gasteiger partial charge in [0.2, 0.25) is 0 Å². The first-order valence-corrected chi connectivity index (χ1v) is 12.4. The maximum absolute atomic E-state index is 13.0. The van der Waals surface area contributed by atoms with Gasteiger partial charge in [-0.3, -0.25) is 4.31 Å². The van der Waals surface area contributed by atoms with Crippen LogP contribution in [0.25, 0.3) is 11.3 Å². The summed E-state index contributed by atoms with van der Waals surface area (Å²) >= 11 is 1.64. The molecular formula is C22H23N3O2S2. The monoisotopic (exact) mass is 425 g/mol. The minimum absolute atomic E-state index is 0.332. The number of nitrogens with one attached hydrogen (secondary N) is 1. The van der Waals surface area contributed by atoms with Crippen molar-refractivity contribution in [1.29, 1.82) is 0 Å². The Labute approximate surface area is 175 Å². The van der Waals surface area contributed by atoms with Crippen LogP contribution in [0.3, 0.4) is 0 Å². The largest absolute Gasteiger partial charge is 0.359 e. The first-order valence-electron chi connectivity index (χ1n) is 10.0. The van der Waals surface area contributed by atoms with Gasteiger partial charge in [0.25, 0.3) is 10.0 Å². The van der Waals surface area contributed by atoms with Crippen molar-refractivity contribution >= 4 is 32.2 Å². The molecule has 2 aliphatic rings. The Hall–Kier alpha value is -2.38. The number of benzene rings is 2. The van der Waals surface area contributed by atoms with Crippen molar-refractivity contribution < 1.29 is 8.42 Å². The third kappa shape index (κ3) is 3.53. The topological polar surface area (TPSA) is 62.3 Å². The lowest BCUT2D eigenvalue weighted by Gasteiger charge is -2.19. The van der Waals surface area contributed by atoms with E-state index in [2.05, 4.69) is 16.8 Å². The summed E-state index contributed by atoms with van der Waals surface area (Å²) in [5.41, 5.74) is 3.82. The molecule has 0 saturated heterocycles. The van der Waals surface area contributed by atoms with Gasteiger partial charge >= 0.3 is 0 Å². The lowest BCUT2D eigenvalue weighted by atomic mass is 10.1. The van der Waals surface area contributed by atoms with Crippen LogP contribution in [0.15, 0.2) is 58.8 Å². The number of hydrogen-bond acceptors (Lipinski definition) is 5. The minimum Gasteiger partial charge on any atom is -0.359 e. The van der Waals surface area contributed by atoms with E-state index in [0.29, 0.717) is 23.9 Å². The van der Waals surface area contributed by atoms with Gasteiger partial charge in [0.05, 0.1) is 16.3 Å². The van der Waals surface area contributed by atoms with E-state index in [1.807, 2.05) is 18.2 Å². The number of sulfonamides is 1. The molecule has 5 nitrogen and oxygen atoms in total. The second-order valence-corrected chi connectivity index (χ2v) is 10.4. The maximum atomic E-state index is 13.0. The van der Waals surface area contributed by atoms with E-state index in [4.69, 9.17) is 4.98 Å². The molecule has 0 unspecified atom stereocenters. The van der Waals surface area contributed by atoms with Crippen molar-refractivity contribution in [3.8, 4) is 11.3 Å². The number of aromatic nitrogens is 1. The number of nitrogens with zero attached hydrogens (tertiary/aromatic N) is 2. The SMILES string of the molecule is O=S(=O)(c1ccccc1)N1CCc2cc(-c3csc(NC4CCCC4)n3)ccc21. The lowest BCUT2D eigenvalue weighted by molar-refractivity contribution is 0.592. The fourth-order valence-corrected chi connectivity index (χ4v) is 6.54. The predicted molar refractivity (Wildman–Crippen MR) is 118 cm³/mol. The summed E-state index contributed by atoms with van der Waals surface area (Å²) in [5.74, 6) is 0. The molecular weight excluding hydrogens is 402 g/mol. The van der Waals surface area contributed by atoms with Crippen LogP contribution in [-0.4, -0.2) is 26.0 Å². The second-order valence-electron chi connectivity index (χ2n) is 7.65. The lowest BCUT2D eigenvalue weighted by Crippen LogP contribution is -2.29. The van der Waals surface area contributed by atoms with Crippen molar-refractivity contribution in [3.63, 3.8) is 0 Å². The van der Waals surface area contributed by atoms with E-state index in [0.717, 1.165) is 27.6 Å². The van der Waals surface area contributed by atoms with E-state index in [1.54, 1.807) is 35.6 Å². The Morgan fingerprint density at radius 1 is 1.07 bits per heavy atom. The molecule has 7 heteroatoms. The van der Waals surface area contributed by atoms with Crippen LogP contribution in [0.5, 0.6) is 0 Å². The molecule has 1 aliphatic carbocycles. The summed E-state index contributed by atoms with van der Waals surface area (Å²) in [6, 6.07) is 15.2. The average Bonchev–Trinajstić information content (AvgIpc) is 3.49. The third-order valence-corrected chi connectivity index (χ3v) is 8.35. The Bertz CT molecular complexity index is 1120. The first kappa shape index (κ1) is 18.6. The zero-order valence-electron chi connectivity index (χ0n) is 16.0. The van der Waals surface area contributed by atoms with E-state index >= 15 is 0 Å². The molecule has 1 N–H and O–H groups in total. The second kappa shape index (κ2) is 7.46. The van der Waals surface area contributed by atoms with E-state index < -0.39 is 10.0 Å². The zero-order chi connectivity index (χ0) is 19.8. The van der Waals surface area contributed by atoms with Gasteiger partial charge in [-0.2, -0.15) is 0 Å². The Morgan fingerprint density at radius 2 is 1.86 bits per heavy atom. The number of anilines is 2. The van der Waals surface area contributed by atoms with Crippen LogP contribution in [-0.2, 0) is 16.4 Å². The fourth-order valence-electron chi connectivity index (χ4n) is 4.22. The molecule has 0 bridgehead atoms. The first-order chi connectivity index (χ1) is 14.1. The van der Waals surface area contributed by atoms with Gasteiger partial charge in [-0.15, -0.1) is 11.3 Å². The van der Waals surface area contributed by atoms with Crippen molar-refractivity contribution in [2.24, 2.45) is 0 Å². The minimum atomic E-state index is -3.53. The molecule has 0 spiro atoms. The molecule has 1 aliphatic heterocycles. The average molecular weight is 426 g/mol. The van der Waals surface area contributed by atoms with Crippen molar-refractivity contribution in [2.45, 2.75) is 43.0 Å². The van der Waals surface area contributed by atoms with E-state index in [9.17, 15) is 8.42 Å². The normalized spacial score (nSPS) is 16.9. The van der Waals surface area contributed by atoms with Crippen LogP contribution in [0.4, 0.5) is 10.8 Å². The molecule has 1 saturated carbocycles. The molecule has 2 aromatic carbocycles. The van der Waals surface area contributed by atoms with Gasteiger partial charge in [0.1, 0.15) is 0 Å². The number of hydrogen-bond donors (Lipinski definition) is 1. The van der Waals surface area contributed by atoms with Gasteiger partial charge < -0.3 is 5.32 Å². The smallest absolute Gasteiger partial charge is 0.264 e. The third-order valence-electron chi connectivity index (χ3n) is 5.75. The van der Waals surface area contributed by atoms with Gasteiger partial charge in [-0.1, -0.05) is 37.1 Å². The van der Waals surface area contributed by atoms with Crippen LogP contribution in [0, 0.1) is 0 Å². The molecule has 2 heterocycles. The molecule has 29 heavy (non-hydrogen) atoms. The van der Waals surface area contributed by atoms with Crippen LogP contribution in [0.2, 0.25) is 0 Å². The Balaban J connectivity index is 1.39. The summed E-state index contributed by atoms with van der Waals surface area (Å²) < 4.78 is 27.6. The van der Waals surface area contributed by atoms with E-state index in [1.165, 1.54) is 30.0 Å². The summed E-state index contributed by atoms with van der Waals surface area (Å²) in [6.45, 7) is 0.474. The predicted octanol–water partition coefficient (Wildman–Crippen LogP) is 4.92. The highest BCUT2D eigenvalue weighted by molar-refractivity contribution is 7.92. The quantitative estimate of drug-likeness (QED) is 0.630. The molecule has 3 aromatic rings.